The highest BCUT2D eigenvalue weighted by Gasteiger charge is 2.24. The molecule has 0 aromatic carbocycles. The number of likely N-dealkylation sites (tertiary alicyclic amines) is 1. The average molecular weight is 250 g/mol. The number of nitrogens with zero attached hydrogens (tertiary/aromatic N) is 3. The van der Waals surface area contributed by atoms with Crippen molar-refractivity contribution in [2.45, 2.75) is 25.9 Å². The average Bonchev–Trinajstić information content (AvgIpc) is 2.40. The van der Waals surface area contributed by atoms with Gasteiger partial charge in [-0.2, -0.15) is 0 Å². The molecule has 6 heteroatoms. The van der Waals surface area contributed by atoms with E-state index in [4.69, 9.17) is 4.74 Å². The first-order valence-electron chi connectivity index (χ1n) is 6.25. The van der Waals surface area contributed by atoms with Crippen LogP contribution in [-0.2, 0) is 0 Å². The number of carbonyl (C=O) groups is 1. The van der Waals surface area contributed by atoms with E-state index < -0.39 is 0 Å². The molecule has 1 fully saturated rings. The molecule has 1 aromatic heterocycles. The summed E-state index contributed by atoms with van der Waals surface area (Å²) in [5.74, 6) is 0.514. The van der Waals surface area contributed by atoms with E-state index in [1.165, 1.54) is 0 Å². The van der Waals surface area contributed by atoms with Gasteiger partial charge < -0.3 is 15.0 Å². The van der Waals surface area contributed by atoms with Crippen LogP contribution in [0.4, 0.5) is 4.79 Å². The molecule has 0 aliphatic carbocycles. The first-order valence-corrected chi connectivity index (χ1v) is 6.25. The van der Waals surface area contributed by atoms with Crippen molar-refractivity contribution in [1.82, 2.24) is 20.2 Å². The number of piperidine rings is 1. The Balaban J connectivity index is 1.89. The Morgan fingerprint density at radius 3 is 3.22 bits per heavy atom. The van der Waals surface area contributed by atoms with E-state index in [1.54, 1.807) is 23.5 Å². The molecule has 1 unspecified atom stereocenters. The first kappa shape index (κ1) is 12.6. The summed E-state index contributed by atoms with van der Waals surface area (Å²) in [6.45, 7) is 3.94. The Labute approximate surface area is 106 Å². The van der Waals surface area contributed by atoms with Crippen molar-refractivity contribution in [2.75, 3.05) is 19.6 Å². The highest BCUT2D eigenvalue weighted by atomic mass is 16.5. The summed E-state index contributed by atoms with van der Waals surface area (Å²) in [4.78, 5) is 21.5. The smallest absolute Gasteiger partial charge is 0.317 e. The van der Waals surface area contributed by atoms with Crippen LogP contribution in [0.15, 0.2) is 18.6 Å². The zero-order valence-electron chi connectivity index (χ0n) is 10.5. The van der Waals surface area contributed by atoms with Crippen molar-refractivity contribution in [3.63, 3.8) is 0 Å². The summed E-state index contributed by atoms with van der Waals surface area (Å²) in [7, 11) is 0. The Bertz CT molecular complexity index is 385. The third-order valence-corrected chi connectivity index (χ3v) is 2.82. The minimum atomic E-state index is -0.0232. The molecule has 2 rings (SSSR count). The summed E-state index contributed by atoms with van der Waals surface area (Å²) < 4.78 is 5.72. The fourth-order valence-electron chi connectivity index (χ4n) is 2.00. The Morgan fingerprint density at radius 1 is 1.61 bits per heavy atom. The van der Waals surface area contributed by atoms with E-state index in [1.807, 2.05) is 6.92 Å². The molecule has 1 aromatic rings. The van der Waals surface area contributed by atoms with Gasteiger partial charge in [0.1, 0.15) is 6.10 Å². The van der Waals surface area contributed by atoms with Crippen LogP contribution in [-0.4, -0.2) is 46.6 Å². The van der Waals surface area contributed by atoms with E-state index in [-0.39, 0.29) is 12.1 Å². The van der Waals surface area contributed by atoms with Crippen molar-refractivity contribution >= 4 is 6.03 Å². The molecule has 1 N–H and O–H groups in total. The maximum Gasteiger partial charge on any atom is 0.317 e. The Kier molecular flexibility index (Phi) is 4.33. The molecule has 1 saturated heterocycles. The molecule has 2 amide bonds. The van der Waals surface area contributed by atoms with Crippen LogP contribution in [0, 0.1) is 0 Å². The monoisotopic (exact) mass is 250 g/mol. The number of ether oxygens (including phenoxy) is 1. The van der Waals surface area contributed by atoms with Gasteiger partial charge in [-0.15, -0.1) is 0 Å². The normalized spacial score (nSPS) is 19.4. The second-order valence-corrected chi connectivity index (χ2v) is 4.21. The zero-order valence-corrected chi connectivity index (χ0v) is 10.5. The summed E-state index contributed by atoms with van der Waals surface area (Å²) >= 11 is 0. The molecule has 0 spiro atoms. The Morgan fingerprint density at radius 2 is 2.50 bits per heavy atom. The predicted octanol–water partition coefficient (Wildman–Crippen LogP) is 1.05. The summed E-state index contributed by atoms with van der Waals surface area (Å²) in [6.07, 6.45) is 6.67. The van der Waals surface area contributed by atoms with Crippen LogP contribution < -0.4 is 10.1 Å². The number of hydrogen-bond acceptors (Lipinski definition) is 4. The van der Waals surface area contributed by atoms with Crippen molar-refractivity contribution in [3.8, 4) is 5.88 Å². The lowest BCUT2D eigenvalue weighted by molar-refractivity contribution is 0.0977. The fraction of sp³-hybridized carbons (Fsp3) is 0.583. The highest BCUT2D eigenvalue weighted by Crippen LogP contribution is 2.15. The zero-order chi connectivity index (χ0) is 12.8. The lowest BCUT2D eigenvalue weighted by Gasteiger charge is -2.32. The molecule has 0 bridgehead atoms. The molecule has 2 heterocycles. The second-order valence-electron chi connectivity index (χ2n) is 4.21. The van der Waals surface area contributed by atoms with Crippen molar-refractivity contribution < 1.29 is 9.53 Å². The minimum absolute atomic E-state index is 0.00180. The maximum atomic E-state index is 11.7. The van der Waals surface area contributed by atoms with Gasteiger partial charge in [0, 0.05) is 25.5 Å². The minimum Gasteiger partial charge on any atom is -0.471 e. The fourth-order valence-corrected chi connectivity index (χ4v) is 2.00. The van der Waals surface area contributed by atoms with E-state index in [0.717, 1.165) is 19.4 Å². The third kappa shape index (κ3) is 3.32. The summed E-state index contributed by atoms with van der Waals surface area (Å²) in [5, 5.41) is 2.80. The van der Waals surface area contributed by atoms with Gasteiger partial charge >= 0.3 is 6.03 Å². The maximum absolute atomic E-state index is 11.7. The van der Waals surface area contributed by atoms with Gasteiger partial charge in [-0.1, -0.05) is 0 Å². The lowest BCUT2D eigenvalue weighted by atomic mass is 10.1. The third-order valence-electron chi connectivity index (χ3n) is 2.82. The van der Waals surface area contributed by atoms with Gasteiger partial charge in [0.05, 0.1) is 12.7 Å². The van der Waals surface area contributed by atoms with Gasteiger partial charge in [0.2, 0.25) is 5.88 Å². The van der Waals surface area contributed by atoms with Crippen LogP contribution in [0.3, 0.4) is 0 Å². The van der Waals surface area contributed by atoms with Crippen molar-refractivity contribution in [3.05, 3.63) is 18.6 Å². The summed E-state index contributed by atoms with van der Waals surface area (Å²) in [6, 6.07) is -0.0232. The molecule has 1 atom stereocenters. The van der Waals surface area contributed by atoms with Gasteiger partial charge in [-0.3, -0.25) is 4.98 Å². The number of rotatable bonds is 3. The number of aromatic nitrogens is 2. The van der Waals surface area contributed by atoms with Gasteiger partial charge in [-0.25, -0.2) is 9.78 Å². The molecular weight excluding hydrogens is 232 g/mol. The topological polar surface area (TPSA) is 67.4 Å². The van der Waals surface area contributed by atoms with E-state index in [9.17, 15) is 4.79 Å². The summed E-state index contributed by atoms with van der Waals surface area (Å²) in [5.41, 5.74) is 0. The van der Waals surface area contributed by atoms with Gasteiger partial charge in [-0.05, 0) is 19.8 Å². The number of hydrogen-bond donors (Lipinski definition) is 1. The van der Waals surface area contributed by atoms with Crippen LogP contribution in [0.1, 0.15) is 19.8 Å². The number of amides is 2. The predicted molar refractivity (Wildman–Crippen MR) is 66.3 cm³/mol. The first-order chi connectivity index (χ1) is 8.79. The standard InChI is InChI=1S/C12H18N4O2/c1-2-14-12(17)16-7-3-4-10(9-16)18-11-8-13-5-6-15-11/h5-6,8,10H,2-4,7,9H2,1H3,(H,14,17). The highest BCUT2D eigenvalue weighted by molar-refractivity contribution is 5.74. The molecular formula is C12H18N4O2. The van der Waals surface area contributed by atoms with Crippen LogP contribution in [0.5, 0.6) is 5.88 Å². The molecule has 1 aliphatic heterocycles. The number of urea groups is 1. The van der Waals surface area contributed by atoms with Crippen molar-refractivity contribution in [1.29, 1.82) is 0 Å². The molecule has 98 valence electrons. The van der Waals surface area contributed by atoms with Crippen LogP contribution in [0.2, 0.25) is 0 Å². The quantitative estimate of drug-likeness (QED) is 0.870. The Hall–Kier alpha value is -1.85. The molecule has 0 radical (unpaired) electrons. The number of nitrogens with one attached hydrogen (secondary N) is 1. The van der Waals surface area contributed by atoms with E-state index in [0.29, 0.717) is 19.0 Å². The lowest BCUT2D eigenvalue weighted by Crippen LogP contribution is -2.48. The number of carbonyl (C=O) groups excluding carboxylic acids is 1. The van der Waals surface area contributed by atoms with Crippen LogP contribution in [0.25, 0.3) is 0 Å². The molecule has 0 saturated carbocycles. The van der Waals surface area contributed by atoms with Gasteiger partial charge in [0.15, 0.2) is 0 Å². The molecule has 1 aliphatic rings. The van der Waals surface area contributed by atoms with Crippen LogP contribution >= 0.6 is 0 Å². The van der Waals surface area contributed by atoms with Crippen molar-refractivity contribution in [2.24, 2.45) is 0 Å². The van der Waals surface area contributed by atoms with E-state index in [2.05, 4.69) is 15.3 Å². The van der Waals surface area contributed by atoms with E-state index >= 15 is 0 Å². The largest absolute Gasteiger partial charge is 0.471 e. The SMILES string of the molecule is CCNC(=O)N1CCCC(Oc2cnccn2)C1. The molecule has 18 heavy (non-hydrogen) atoms. The molecule has 6 nitrogen and oxygen atoms in total. The van der Waals surface area contributed by atoms with Gasteiger partial charge in [0.25, 0.3) is 0 Å². The second kappa shape index (κ2) is 6.18.